The van der Waals surface area contributed by atoms with E-state index in [2.05, 4.69) is 4.98 Å². The van der Waals surface area contributed by atoms with Crippen LogP contribution in [0.2, 0.25) is 0 Å². The van der Waals surface area contributed by atoms with Crippen LogP contribution in [0.4, 0.5) is 6.01 Å². The zero-order valence-corrected chi connectivity index (χ0v) is 9.27. The molecule has 1 saturated heterocycles. The van der Waals surface area contributed by atoms with Crippen LogP contribution in [0.15, 0.2) is 16.9 Å². The molecule has 13 heavy (non-hydrogen) atoms. The molecule has 0 unspecified atom stereocenters. The molecule has 0 aliphatic carbocycles. The van der Waals surface area contributed by atoms with Gasteiger partial charge in [0.1, 0.15) is 6.26 Å². The number of aromatic nitrogens is 1. The first-order valence-corrected chi connectivity index (χ1v) is 3.62. The molecule has 1 fully saturated rings. The number of anilines is 1. The summed E-state index contributed by atoms with van der Waals surface area (Å²) in [6.07, 6.45) is 2.99. The summed E-state index contributed by atoms with van der Waals surface area (Å²) in [6, 6.07) is 0.479. The number of carbonyl (C=O) groups is 1. The first kappa shape index (κ1) is 10.6. The number of hydrogen-bond acceptors (Lipinski definition) is 5. The van der Waals surface area contributed by atoms with Crippen LogP contribution in [0.3, 0.4) is 0 Å². The van der Waals surface area contributed by atoms with Gasteiger partial charge in [-0.3, -0.25) is 0 Å². The third-order valence-electron chi connectivity index (χ3n) is 1.90. The Bertz CT molecular complexity index is 282. The van der Waals surface area contributed by atoms with Crippen molar-refractivity contribution >= 4 is 12.0 Å². The van der Waals surface area contributed by atoms with Gasteiger partial charge in [-0.05, 0) is 0 Å². The van der Waals surface area contributed by atoms with E-state index < -0.39 is 5.97 Å². The fourth-order valence-corrected chi connectivity index (χ4v) is 1.16. The van der Waals surface area contributed by atoms with E-state index in [0.29, 0.717) is 19.1 Å². The van der Waals surface area contributed by atoms with Crippen molar-refractivity contribution in [1.29, 1.82) is 0 Å². The molecule has 0 saturated carbocycles. The Labute approximate surface area is 97.0 Å². The summed E-state index contributed by atoms with van der Waals surface area (Å²) in [5.41, 5.74) is 0. The summed E-state index contributed by atoms with van der Waals surface area (Å²) in [5, 5.41) is 10.3. The molecule has 0 amide bonds. The quantitative estimate of drug-likeness (QED) is 0.443. The Morgan fingerprint density at radius 3 is 2.85 bits per heavy atom. The molecule has 1 aromatic heterocycles. The Morgan fingerprint density at radius 1 is 1.69 bits per heavy atom. The fourth-order valence-electron chi connectivity index (χ4n) is 1.16. The summed E-state index contributed by atoms with van der Waals surface area (Å²) < 4.78 is 4.97. The van der Waals surface area contributed by atoms with E-state index in [9.17, 15) is 9.90 Å². The zero-order chi connectivity index (χ0) is 8.55. The average Bonchev–Trinajstić information content (AvgIpc) is 2.34. The van der Waals surface area contributed by atoms with Crippen molar-refractivity contribution in [2.45, 2.75) is 0 Å². The Morgan fingerprint density at radius 2 is 2.38 bits per heavy atom. The number of oxazole rings is 1. The van der Waals surface area contributed by atoms with Gasteiger partial charge in [0.2, 0.25) is 0 Å². The van der Waals surface area contributed by atoms with Crippen LogP contribution in [0.5, 0.6) is 0 Å². The van der Waals surface area contributed by atoms with Crippen molar-refractivity contribution in [1.82, 2.24) is 4.98 Å². The van der Waals surface area contributed by atoms with Gasteiger partial charge in [-0.2, -0.15) is 0 Å². The molecule has 6 heteroatoms. The van der Waals surface area contributed by atoms with E-state index >= 15 is 0 Å². The van der Waals surface area contributed by atoms with Gasteiger partial charge in [0, 0.05) is 25.0 Å². The van der Waals surface area contributed by atoms with Gasteiger partial charge in [-0.25, -0.2) is 4.98 Å². The second-order valence-electron chi connectivity index (χ2n) is 2.74. The number of carboxylic acid groups (broad SMARTS) is 1. The van der Waals surface area contributed by atoms with E-state index in [1.54, 1.807) is 4.90 Å². The van der Waals surface area contributed by atoms with Gasteiger partial charge in [0.25, 0.3) is 6.01 Å². The maximum Gasteiger partial charge on any atom is 1.00 e. The van der Waals surface area contributed by atoms with Gasteiger partial charge in [-0.15, -0.1) is 0 Å². The molecule has 0 spiro atoms. The molecule has 0 N–H and O–H groups in total. The van der Waals surface area contributed by atoms with Crippen molar-refractivity contribution < 1.29 is 43.9 Å². The van der Waals surface area contributed by atoms with Gasteiger partial charge in [0.05, 0.1) is 6.20 Å². The van der Waals surface area contributed by atoms with Crippen LogP contribution in [-0.2, 0) is 4.79 Å². The van der Waals surface area contributed by atoms with Gasteiger partial charge < -0.3 is 19.2 Å². The molecular formula is C7H7N2NaO3. The molecule has 1 aliphatic rings. The minimum absolute atomic E-state index is 0. The van der Waals surface area contributed by atoms with E-state index in [4.69, 9.17) is 4.42 Å². The van der Waals surface area contributed by atoms with Gasteiger partial charge in [0.15, 0.2) is 0 Å². The van der Waals surface area contributed by atoms with E-state index in [0.717, 1.165) is 0 Å². The molecule has 1 aliphatic heterocycles. The minimum Gasteiger partial charge on any atom is -0.550 e. The van der Waals surface area contributed by atoms with Crippen LogP contribution in [-0.4, -0.2) is 24.0 Å². The predicted octanol–water partition coefficient (Wildman–Crippen LogP) is -4.14. The van der Waals surface area contributed by atoms with E-state index in [-0.39, 0.29) is 35.5 Å². The summed E-state index contributed by atoms with van der Waals surface area (Å²) in [4.78, 5) is 15.9. The first-order chi connectivity index (χ1) is 5.77. The number of rotatable bonds is 2. The second-order valence-corrected chi connectivity index (χ2v) is 2.74. The van der Waals surface area contributed by atoms with Crippen molar-refractivity contribution in [3.63, 3.8) is 0 Å². The topological polar surface area (TPSA) is 69.4 Å². The number of aliphatic carboxylic acids is 1. The third-order valence-corrected chi connectivity index (χ3v) is 1.90. The number of hydrogen-bond donors (Lipinski definition) is 0. The smallest absolute Gasteiger partial charge is 0.550 e. The molecule has 0 radical (unpaired) electrons. The predicted molar refractivity (Wildman–Crippen MR) is 37.2 cm³/mol. The number of carbonyl (C=O) groups excluding carboxylic acids is 1. The van der Waals surface area contributed by atoms with Crippen LogP contribution >= 0.6 is 0 Å². The largest absolute Gasteiger partial charge is 1.00 e. The summed E-state index contributed by atoms with van der Waals surface area (Å²) in [7, 11) is 0. The molecule has 0 bridgehead atoms. The van der Waals surface area contributed by atoms with Crippen LogP contribution in [0, 0.1) is 5.92 Å². The SMILES string of the molecule is O=C([O-])C1CN(c2ncco2)C1.[Na+]. The molecule has 1 aromatic rings. The normalized spacial score (nSPS) is 16.2. The van der Waals surface area contributed by atoms with Crippen molar-refractivity contribution in [2.75, 3.05) is 18.0 Å². The van der Waals surface area contributed by atoms with Crippen LogP contribution in [0.1, 0.15) is 0 Å². The maximum atomic E-state index is 10.3. The Balaban J connectivity index is 0.000000845. The molecule has 64 valence electrons. The third kappa shape index (κ3) is 2.04. The zero-order valence-electron chi connectivity index (χ0n) is 7.27. The van der Waals surface area contributed by atoms with Crippen molar-refractivity contribution in [3.8, 4) is 0 Å². The first-order valence-electron chi connectivity index (χ1n) is 3.62. The molecule has 5 nitrogen and oxygen atoms in total. The van der Waals surface area contributed by atoms with Crippen molar-refractivity contribution in [2.24, 2.45) is 5.92 Å². The summed E-state index contributed by atoms with van der Waals surface area (Å²) in [6.45, 7) is 0.867. The molecule has 2 rings (SSSR count). The summed E-state index contributed by atoms with van der Waals surface area (Å²) in [5.74, 6) is -1.38. The summed E-state index contributed by atoms with van der Waals surface area (Å²) >= 11 is 0. The van der Waals surface area contributed by atoms with Gasteiger partial charge in [-0.1, -0.05) is 0 Å². The minimum atomic E-state index is -1.00. The van der Waals surface area contributed by atoms with E-state index in [1.165, 1.54) is 12.5 Å². The Kier molecular flexibility index (Phi) is 3.35. The fraction of sp³-hybridized carbons (Fsp3) is 0.429. The molecule has 0 atom stereocenters. The van der Waals surface area contributed by atoms with E-state index in [1.807, 2.05) is 0 Å². The van der Waals surface area contributed by atoms with Gasteiger partial charge >= 0.3 is 29.6 Å². The molecular weight excluding hydrogens is 183 g/mol. The molecule has 0 aromatic carbocycles. The standard InChI is InChI=1S/C7H8N2O3.Na/c10-6(11)5-3-9(4-5)7-8-1-2-12-7;/h1-2,5H,3-4H2,(H,10,11);/q;+1/p-1. The number of nitrogens with zero attached hydrogens (tertiary/aromatic N) is 2. The van der Waals surface area contributed by atoms with Crippen LogP contribution < -0.4 is 39.6 Å². The second kappa shape index (κ2) is 4.13. The molecule has 2 heterocycles. The van der Waals surface area contributed by atoms with Crippen molar-refractivity contribution in [3.05, 3.63) is 12.5 Å². The van der Waals surface area contributed by atoms with Crippen LogP contribution in [0.25, 0.3) is 0 Å². The maximum absolute atomic E-state index is 10.3. The monoisotopic (exact) mass is 190 g/mol. The number of carboxylic acids is 1. The average molecular weight is 190 g/mol. The Hall–Kier alpha value is -0.520.